The van der Waals surface area contributed by atoms with Crippen LogP contribution in [0.5, 0.6) is 0 Å². The van der Waals surface area contributed by atoms with Crippen LogP contribution in [0.4, 0.5) is 29.1 Å². The summed E-state index contributed by atoms with van der Waals surface area (Å²) in [7, 11) is -4.00. The quantitative estimate of drug-likeness (QED) is 0.185. The third-order valence-corrected chi connectivity index (χ3v) is 6.41. The Morgan fingerprint density at radius 2 is 1.56 bits per heavy atom. The molecule has 0 saturated carbocycles. The third-order valence-electron chi connectivity index (χ3n) is 5.55. The number of benzene rings is 3. The molecule has 0 aliphatic carbocycles. The Morgan fingerprint density at radius 1 is 0.872 bits per heavy atom. The average molecular weight is 557 g/mol. The van der Waals surface area contributed by atoms with Gasteiger partial charge in [0.15, 0.2) is 0 Å². The number of alkyl halides is 3. The highest BCUT2D eigenvalue weighted by atomic mass is 32.2. The normalized spacial score (nSPS) is 11.5. The highest BCUT2D eigenvalue weighted by Gasteiger charge is 2.30. The van der Waals surface area contributed by atoms with Gasteiger partial charge in [0.2, 0.25) is 0 Å². The van der Waals surface area contributed by atoms with Crippen LogP contribution in [-0.4, -0.2) is 27.9 Å². The summed E-state index contributed by atoms with van der Waals surface area (Å²) in [6.45, 7) is 1.71. The maximum Gasteiger partial charge on any atom is 0.416 e. The van der Waals surface area contributed by atoms with E-state index >= 15 is 0 Å². The first-order valence-electron chi connectivity index (χ1n) is 11.3. The molecule has 0 amide bonds. The van der Waals surface area contributed by atoms with Crippen LogP contribution in [0.3, 0.4) is 0 Å². The lowest BCUT2D eigenvalue weighted by atomic mass is 10.0. The molecule has 2 heterocycles. The average Bonchev–Trinajstić information content (AvgIpc) is 2.90. The van der Waals surface area contributed by atoms with E-state index in [1.54, 1.807) is 49.5 Å². The zero-order valence-corrected chi connectivity index (χ0v) is 21.0. The minimum atomic E-state index is -4.40. The van der Waals surface area contributed by atoms with E-state index in [0.29, 0.717) is 33.7 Å². The van der Waals surface area contributed by atoms with Crippen LogP contribution >= 0.6 is 0 Å². The molecule has 0 saturated heterocycles. The summed E-state index contributed by atoms with van der Waals surface area (Å²) in [6, 6.07) is 18.5. The van der Waals surface area contributed by atoms with Gasteiger partial charge in [-0.1, -0.05) is 24.3 Å². The highest BCUT2D eigenvalue weighted by molar-refractivity contribution is 7.85. The molecule has 5 aromatic rings. The van der Waals surface area contributed by atoms with Crippen LogP contribution < -0.4 is 5.32 Å². The van der Waals surface area contributed by atoms with Crippen LogP contribution in [-0.2, 0) is 16.3 Å². The lowest BCUT2D eigenvalue weighted by Crippen LogP contribution is -2.05. The lowest BCUT2D eigenvalue weighted by molar-refractivity contribution is -0.137. The Hall–Kier alpha value is -4.42. The van der Waals surface area contributed by atoms with Crippen molar-refractivity contribution in [2.75, 3.05) is 5.32 Å². The second-order valence-electron chi connectivity index (χ2n) is 8.21. The van der Waals surface area contributed by atoms with Gasteiger partial charge in [0.05, 0.1) is 21.7 Å². The van der Waals surface area contributed by atoms with Gasteiger partial charge in [-0.3, -0.25) is 9.54 Å². The van der Waals surface area contributed by atoms with Gasteiger partial charge in [-0.25, -0.2) is 14.4 Å². The molecular weight excluding hydrogens is 536 g/mol. The standard InChI is InChI=1S/C21H14F4N4.C6H6O3S/c1-12-19(16-10-18-13(9-17(16)22)3-2-8-26-18)27-11-28-20(12)29-15-6-4-14(5-7-15)21(23,24)25;7-10(8,9)6-4-2-1-3-5-6/h2-11H,1H3,(H,27,28,29);1-5H,(H,7,8,9). The van der Waals surface area contributed by atoms with Crippen molar-refractivity contribution in [2.45, 2.75) is 18.0 Å². The van der Waals surface area contributed by atoms with Crippen molar-refractivity contribution >= 4 is 32.5 Å². The van der Waals surface area contributed by atoms with Crippen molar-refractivity contribution in [3.05, 3.63) is 108 Å². The Bertz CT molecular complexity index is 1710. The van der Waals surface area contributed by atoms with Crippen molar-refractivity contribution in [3.63, 3.8) is 0 Å². The number of rotatable bonds is 4. The first-order valence-corrected chi connectivity index (χ1v) is 12.7. The fraction of sp³-hybridized carbons (Fsp3) is 0.0741. The van der Waals surface area contributed by atoms with Crippen molar-refractivity contribution in [1.29, 1.82) is 0 Å². The fourth-order valence-electron chi connectivity index (χ4n) is 3.59. The molecule has 2 aromatic heterocycles. The maximum atomic E-state index is 14.7. The van der Waals surface area contributed by atoms with E-state index in [9.17, 15) is 26.0 Å². The summed E-state index contributed by atoms with van der Waals surface area (Å²) in [6.07, 6.45) is -1.51. The first-order chi connectivity index (χ1) is 18.4. The van der Waals surface area contributed by atoms with Gasteiger partial charge in [0.25, 0.3) is 10.1 Å². The topological polar surface area (TPSA) is 105 Å². The third kappa shape index (κ3) is 6.72. The number of fused-ring (bicyclic) bond motifs is 1. The molecular formula is C27H20F4N4O3S. The number of anilines is 2. The van der Waals surface area contributed by atoms with E-state index in [4.69, 9.17) is 4.55 Å². The van der Waals surface area contributed by atoms with Gasteiger partial charge in [-0.05, 0) is 61.5 Å². The predicted molar refractivity (Wildman–Crippen MR) is 138 cm³/mol. The number of hydrogen-bond acceptors (Lipinski definition) is 6. The molecule has 12 heteroatoms. The second kappa shape index (κ2) is 11.1. The molecule has 0 unspecified atom stereocenters. The summed E-state index contributed by atoms with van der Waals surface area (Å²) in [4.78, 5) is 12.5. The smallest absolute Gasteiger partial charge is 0.340 e. The van der Waals surface area contributed by atoms with Gasteiger partial charge in [-0.2, -0.15) is 21.6 Å². The maximum absolute atomic E-state index is 14.7. The van der Waals surface area contributed by atoms with Gasteiger partial charge in [0, 0.05) is 28.4 Å². The van der Waals surface area contributed by atoms with E-state index in [2.05, 4.69) is 20.3 Å². The Kier molecular flexibility index (Phi) is 7.88. The molecule has 3 aromatic carbocycles. The summed E-state index contributed by atoms with van der Waals surface area (Å²) in [5, 5.41) is 3.63. The van der Waals surface area contributed by atoms with Crippen molar-refractivity contribution in [1.82, 2.24) is 15.0 Å². The monoisotopic (exact) mass is 556 g/mol. The van der Waals surface area contributed by atoms with Crippen LogP contribution in [0.15, 0.2) is 96.3 Å². The number of nitrogens with zero attached hydrogens (tertiary/aromatic N) is 3. The minimum absolute atomic E-state index is 0.0741. The summed E-state index contributed by atoms with van der Waals surface area (Å²) in [5.41, 5.74) is 1.51. The van der Waals surface area contributed by atoms with Crippen molar-refractivity contribution in [2.24, 2.45) is 0 Å². The number of hydrogen-bond donors (Lipinski definition) is 2. The number of nitrogens with one attached hydrogen (secondary N) is 1. The van der Waals surface area contributed by atoms with Gasteiger partial charge in [0.1, 0.15) is 18.0 Å². The van der Waals surface area contributed by atoms with Gasteiger partial charge in [-0.15, -0.1) is 0 Å². The largest absolute Gasteiger partial charge is 0.416 e. The minimum Gasteiger partial charge on any atom is -0.340 e. The first kappa shape index (κ1) is 27.6. The predicted octanol–water partition coefficient (Wildman–Crippen LogP) is 6.84. The molecule has 0 bridgehead atoms. The molecule has 0 aliphatic rings. The Morgan fingerprint density at radius 3 is 2.18 bits per heavy atom. The lowest BCUT2D eigenvalue weighted by Gasteiger charge is -2.13. The fourth-order valence-corrected chi connectivity index (χ4v) is 4.09. The number of pyridine rings is 1. The summed E-state index contributed by atoms with van der Waals surface area (Å²) < 4.78 is 82.1. The molecule has 0 fully saturated rings. The summed E-state index contributed by atoms with van der Waals surface area (Å²) >= 11 is 0. The molecule has 200 valence electrons. The molecule has 5 rings (SSSR count). The van der Waals surface area contributed by atoms with Gasteiger partial charge >= 0.3 is 6.18 Å². The van der Waals surface area contributed by atoms with Crippen molar-refractivity contribution in [3.8, 4) is 11.3 Å². The molecule has 2 N–H and O–H groups in total. The van der Waals surface area contributed by atoms with E-state index in [0.717, 1.165) is 12.1 Å². The van der Waals surface area contributed by atoms with Crippen LogP contribution in [0.2, 0.25) is 0 Å². The van der Waals surface area contributed by atoms with E-state index in [1.807, 2.05) is 0 Å². The zero-order chi connectivity index (χ0) is 28.2. The molecule has 0 radical (unpaired) electrons. The van der Waals surface area contributed by atoms with Gasteiger partial charge < -0.3 is 5.32 Å². The zero-order valence-electron chi connectivity index (χ0n) is 20.2. The molecule has 39 heavy (non-hydrogen) atoms. The van der Waals surface area contributed by atoms with E-state index in [1.165, 1.54) is 36.7 Å². The van der Waals surface area contributed by atoms with Crippen LogP contribution in [0.25, 0.3) is 22.2 Å². The SMILES string of the molecule is Cc1c(Nc2ccc(C(F)(F)F)cc2)ncnc1-c1cc2ncccc2cc1F.O=S(=O)(O)c1ccccc1. The summed E-state index contributed by atoms with van der Waals surface area (Å²) in [5.74, 6) is -0.0805. The van der Waals surface area contributed by atoms with E-state index < -0.39 is 27.7 Å². The second-order valence-corrected chi connectivity index (χ2v) is 9.63. The molecule has 0 aliphatic heterocycles. The van der Waals surface area contributed by atoms with E-state index in [-0.39, 0.29) is 10.5 Å². The molecule has 0 atom stereocenters. The molecule has 7 nitrogen and oxygen atoms in total. The van der Waals surface area contributed by atoms with Crippen LogP contribution in [0.1, 0.15) is 11.1 Å². The van der Waals surface area contributed by atoms with Crippen molar-refractivity contribution < 1.29 is 30.5 Å². The number of halogens is 4. The Labute approximate surface area is 221 Å². The highest BCUT2D eigenvalue weighted by Crippen LogP contribution is 2.33. The Balaban J connectivity index is 0.000000298. The van der Waals surface area contributed by atoms with Crippen LogP contribution in [0, 0.1) is 12.7 Å². The number of aromatic nitrogens is 3. The molecule has 0 spiro atoms.